The zero-order chi connectivity index (χ0) is 17.8. The zero-order valence-electron chi connectivity index (χ0n) is 13.3. The van der Waals surface area contributed by atoms with Gasteiger partial charge in [-0.05, 0) is 55.3 Å². The number of rotatable bonds is 6. The van der Waals surface area contributed by atoms with Crippen LogP contribution in [0.3, 0.4) is 0 Å². The number of amides is 2. The van der Waals surface area contributed by atoms with E-state index in [0.29, 0.717) is 15.7 Å². The lowest BCUT2D eigenvalue weighted by Crippen LogP contribution is -2.21. The van der Waals surface area contributed by atoms with Crippen LogP contribution in [0.15, 0.2) is 42.5 Å². The molecular weight excluding hydrogens is 361 g/mol. The Balaban J connectivity index is 1.49. The van der Waals surface area contributed by atoms with Crippen LogP contribution in [-0.4, -0.2) is 18.4 Å². The molecule has 2 amide bonds. The first kappa shape index (κ1) is 17.6. The van der Waals surface area contributed by atoms with Crippen molar-refractivity contribution in [2.24, 2.45) is 5.92 Å². The summed E-state index contributed by atoms with van der Waals surface area (Å²) in [5, 5.41) is 9.50. The summed E-state index contributed by atoms with van der Waals surface area (Å²) in [5.41, 5.74) is 2.04. The molecule has 25 heavy (non-hydrogen) atoms. The van der Waals surface area contributed by atoms with Gasteiger partial charge in [0.25, 0.3) is 0 Å². The molecule has 0 spiro atoms. The molecule has 0 unspecified atom stereocenters. The smallest absolute Gasteiger partial charge is 0.243 e. The van der Waals surface area contributed by atoms with Gasteiger partial charge in [0.2, 0.25) is 11.8 Å². The highest BCUT2D eigenvalue weighted by Gasteiger charge is 2.29. The molecule has 0 saturated heterocycles. The molecule has 1 aliphatic carbocycles. The van der Waals surface area contributed by atoms with Crippen LogP contribution in [0, 0.1) is 5.92 Å². The van der Waals surface area contributed by atoms with Crippen molar-refractivity contribution in [3.8, 4) is 0 Å². The van der Waals surface area contributed by atoms with Crippen molar-refractivity contribution in [2.45, 2.75) is 12.8 Å². The molecule has 0 atom stereocenters. The van der Waals surface area contributed by atoms with Crippen LogP contribution in [0.1, 0.15) is 12.8 Å². The fourth-order valence-corrected chi connectivity index (χ4v) is 2.68. The van der Waals surface area contributed by atoms with Crippen molar-refractivity contribution in [1.82, 2.24) is 0 Å². The number of nitrogens with one attached hydrogen (secondary N) is 3. The molecule has 0 heterocycles. The van der Waals surface area contributed by atoms with Crippen molar-refractivity contribution < 1.29 is 9.59 Å². The van der Waals surface area contributed by atoms with Crippen molar-refractivity contribution in [3.63, 3.8) is 0 Å². The van der Waals surface area contributed by atoms with E-state index in [1.165, 1.54) is 0 Å². The highest BCUT2D eigenvalue weighted by molar-refractivity contribution is 6.36. The van der Waals surface area contributed by atoms with Crippen molar-refractivity contribution in [2.75, 3.05) is 22.5 Å². The molecule has 2 aromatic carbocycles. The minimum Gasteiger partial charge on any atom is -0.376 e. The monoisotopic (exact) mass is 377 g/mol. The molecule has 3 rings (SSSR count). The predicted molar refractivity (Wildman–Crippen MR) is 101 cm³/mol. The molecule has 0 bridgehead atoms. The van der Waals surface area contributed by atoms with Gasteiger partial charge in [-0.15, -0.1) is 0 Å². The Morgan fingerprint density at radius 1 is 0.960 bits per heavy atom. The van der Waals surface area contributed by atoms with Crippen LogP contribution in [0.4, 0.5) is 17.1 Å². The topological polar surface area (TPSA) is 70.2 Å². The largest absolute Gasteiger partial charge is 0.376 e. The Bertz CT molecular complexity index is 789. The molecule has 1 saturated carbocycles. The third-order valence-corrected chi connectivity index (χ3v) is 4.31. The quantitative estimate of drug-likeness (QED) is 0.698. The van der Waals surface area contributed by atoms with Gasteiger partial charge < -0.3 is 16.0 Å². The highest BCUT2D eigenvalue weighted by Crippen LogP contribution is 2.30. The summed E-state index contributed by atoms with van der Waals surface area (Å²) in [5.74, 6) is 0.0106. The molecule has 0 radical (unpaired) electrons. The molecule has 1 fully saturated rings. The lowest BCUT2D eigenvalue weighted by atomic mass is 10.2. The van der Waals surface area contributed by atoms with E-state index < -0.39 is 0 Å². The number of hydrogen-bond donors (Lipinski definition) is 3. The molecular formula is C18H17Cl2N3O2. The molecule has 1 aliphatic rings. The number of hydrogen-bond acceptors (Lipinski definition) is 3. The number of benzene rings is 2. The number of carbonyl (C=O) groups excluding carboxylic acids is 2. The van der Waals surface area contributed by atoms with Gasteiger partial charge in [0.15, 0.2) is 0 Å². The minimum atomic E-state index is -0.227. The van der Waals surface area contributed by atoms with E-state index in [2.05, 4.69) is 16.0 Å². The van der Waals surface area contributed by atoms with Crippen molar-refractivity contribution >= 4 is 52.1 Å². The van der Waals surface area contributed by atoms with Gasteiger partial charge >= 0.3 is 0 Å². The van der Waals surface area contributed by atoms with E-state index in [9.17, 15) is 9.59 Å². The first-order valence-electron chi connectivity index (χ1n) is 7.91. The fourth-order valence-electron chi connectivity index (χ4n) is 2.23. The highest BCUT2D eigenvalue weighted by atomic mass is 35.5. The van der Waals surface area contributed by atoms with E-state index in [1.807, 2.05) is 12.1 Å². The Kier molecular flexibility index (Phi) is 5.46. The van der Waals surface area contributed by atoms with E-state index in [1.54, 1.807) is 30.3 Å². The Morgan fingerprint density at radius 3 is 2.28 bits per heavy atom. The molecule has 0 aliphatic heterocycles. The van der Waals surface area contributed by atoms with Gasteiger partial charge in [-0.25, -0.2) is 0 Å². The van der Waals surface area contributed by atoms with Crippen LogP contribution in [0.2, 0.25) is 10.0 Å². The van der Waals surface area contributed by atoms with Gasteiger partial charge in [0, 0.05) is 22.3 Å². The summed E-state index contributed by atoms with van der Waals surface area (Å²) in [6.07, 6.45) is 1.94. The zero-order valence-corrected chi connectivity index (χ0v) is 14.8. The average Bonchev–Trinajstić information content (AvgIpc) is 3.42. The molecule has 7 heteroatoms. The lowest BCUT2D eigenvalue weighted by molar-refractivity contribution is -0.117. The van der Waals surface area contributed by atoms with Gasteiger partial charge in [-0.1, -0.05) is 23.2 Å². The van der Waals surface area contributed by atoms with Gasteiger partial charge in [0.05, 0.1) is 17.3 Å². The third-order valence-electron chi connectivity index (χ3n) is 3.76. The van der Waals surface area contributed by atoms with Crippen molar-refractivity contribution in [1.29, 1.82) is 0 Å². The van der Waals surface area contributed by atoms with Crippen molar-refractivity contribution in [3.05, 3.63) is 52.5 Å². The van der Waals surface area contributed by atoms with E-state index in [0.717, 1.165) is 24.2 Å². The van der Waals surface area contributed by atoms with Crippen LogP contribution >= 0.6 is 23.2 Å². The first-order valence-corrected chi connectivity index (χ1v) is 8.66. The fraction of sp³-hybridized carbons (Fsp3) is 0.222. The summed E-state index contributed by atoms with van der Waals surface area (Å²) >= 11 is 11.8. The van der Waals surface area contributed by atoms with Crippen LogP contribution < -0.4 is 16.0 Å². The van der Waals surface area contributed by atoms with Gasteiger partial charge in [0.1, 0.15) is 0 Å². The summed E-state index contributed by atoms with van der Waals surface area (Å²) < 4.78 is 0. The number of halogens is 2. The molecule has 0 aromatic heterocycles. The van der Waals surface area contributed by atoms with E-state index in [-0.39, 0.29) is 24.3 Å². The third kappa shape index (κ3) is 5.11. The van der Waals surface area contributed by atoms with Gasteiger partial charge in [-0.3, -0.25) is 9.59 Å². The first-order chi connectivity index (χ1) is 12.0. The second kappa shape index (κ2) is 7.76. The molecule has 3 N–H and O–H groups in total. The standard InChI is InChI=1S/C18H17Cl2N3O2/c19-12-3-8-16(15(20)9-12)23-17(24)10-21-13-4-6-14(7-5-13)22-18(25)11-1-2-11/h3-9,11,21H,1-2,10H2,(H,22,25)(H,23,24). The maximum Gasteiger partial charge on any atom is 0.243 e. The van der Waals surface area contributed by atoms with Crippen LogP contribution in [-0.2, 0) is 9.59 Å². The predicted octanol–water partition coefficient (Wildman–Crippen LogP) is 4.39. The summed E-state index contributed by atoms with van der Waals surface area (Å²) in [6.45, 7) is 0.0900. The molecule has 5 nitrogen and oxygen atoms in total. The number of anilines is 3. The Morgan fingerprint density at radius 2 is 1.64 bits per heavy atom. The van der Waals surface area contributed by atoms with Gasteiger partial charge in [-0.2, -0.15) is 0 Å². The van der Waals surface area contributed by atoms with E-state index in [4.69, 9.17) is 23.2 Å². The van der Waals surface area contributed by atoms with Crippen LogP contribution in [0.5, 0.6) is 0 Å². The molecule has 2 aromatic rings. The second-order valence-electron chi connectivity index (χ2n) is 5.87. The minimum absolute atomic E-state index is 0.0694. The maximum atomic E-state index is 12.0. The maximum absolute atomic E-state index is 12.0. The average molecular weight is 378 g/mol. The second-order valence-corrected chi connectivity index (χ2v) is 6.71. The Labute approximate surface area is 155 Å². The van der Waals surface area contributed by atoms with E-state index >= 15 is 0 Å². The SMILES string of the molecule is O=C(CNc1ccc(NC(=O)C2CC2)cc1)Nc1ccc(Cl)cc1Cl. The summed E-state index contributed by atoms with van der Waals surface area (Å²) in [7, 11) is 0. The normalized spacial score (nSPS) is 13.2. The summed E-state index contributed by atoms with van der Waals surface area (Å²) in [6, 6.07) is 12.1. The van der Waals surface area contributed by atoms with Crippen LogP contribution in [0.25, 0.3) is 0 Å². The molecule has 130 valence electrons. The Hall–Kier alpha value is -2.24. The number of carbonyl (C=O) groups is 2. The summed E-state index contributed by atoms with van der Waals surface area (Å²) in [4.78, 5) is 23.7. The lowest BCUT2D eigenvalue weighted by Gasteiger charge is -2.10.